The monoisotopic (exact) mass is 252 g/mol. The number of nitrogens with two attached hydrogens (primary N) is 1. The van der Waals surface area contributed by atoms with Crippen LogP contribution in [0.2, 0.25) is 0 Å². The van der Waals surface area contributed by atoms with E-state index in [1.54, 1.807) is 25.3 Å². The van der Waals surface area contributed by atoms with Gasteiger partial charge in [0.05, 0.1) is 12.7 Å². The molecule has 1 aromatic carbocycles. The largest absolute Gasteiger partial charge is 0.465 e. The summed E-state index contributed by atoms with van der Waals surface area (Å²) in [5.74, 6) is -0.399. The third-order valence-corrected chi connectivity index (χ3v) is 2.61. The minimum atomic E-state index is -0.399. The molecule has 0 saturated heterocycles. The smallest absolute Gasteiger partial charge is 0.340 e. The van der Waals surface area contributed by atoms with Crippen molar-refractivity contribution in [1.29, 1.82) is 0 Å². The van der Waals surface area contributed by atoms with Crippen LogP contribution >= 0.6 is 0 Å². The number of anilines is 2. The van der Waals surface area contributed by atoms with Crippen molar-refractivity contribution in [2.75, 3.05) is 31.9 Å². The second kappa shape index (κ2) is 6.86. The number of ether oxygens (including phenoxy) is 2. The van der Waals surface area contributed by atoms with Crippen LogP contribution in [0.3, 0.4) is 0 Å². The van der Waals surface area contributed by atoms with Crippen LogP contribution in [-0.4, -0.2) is 32.8 Å². The van der Waals surface area contributed by atoms with Crippen LogP contribution in [0, 0.1) is 0 Å². The summed E-state index contributed by atoms with van der Waals surface area (Å²) >= 11 is 0. The Hall–Kier alpha value is -1.75. The molecule has 1 rings (SSSR count). The van der Waals surface area contributed by atoms with Gasteiger partial charge in [-0.1, -0.05) is 0 Å². The number of nitrogens with one attached hydrogen (secondary N) is 1. The molecule has 0 spiro atoms. The van der Waals surface area contributed by atoms with Gasteiger partial charge in [-0.3, -0.25) is 0 Å². The van der Waals surface area contributed by atoms with E-state index in [1.807, 2.05) is 6.92 Å². The molecule has 0 fully saturated rings. The zero-order valence-corrected chi connectivity index (χ0v) is 11.0. The van der Waals surface area contributed by atoms with Crippen LogP contribution in [0.5, 0.6) is 0 Å². The molecule has 0 aliphatic carbocycles. The number of nitrogen functional groups attached to an aromatic ring is 1. The van der Waals surface area contributed by atoms with Gasteiger partial charge in [0.25, 0.3) is 0 Å². The highest BCUT2D eigenvalue weighted by atomic mass is 16.5. The van der Waals surface area contributed by atoms with Crippen molar-refractivity contribution < 1.29 is 14.3 Å². The zero-order chi connectivity index (χ0) is 13.5. The van der Waals surface area contributed by atoms with Gasteiger partial charge in [0, 0.05) is 31.1 Å². The minimum absolute atomic E-state index is 0.192. The van der Waals surface area contributed by atoms with Gasteiger partial charge in [0.2, 0.25) is 0 Å². The summed E-state index contributed by atoms with van der Waals surface area (Å²) in [6.45, 7) is 2.69. The van der Waals surface area contributed by atoms with Crippen molar-refractivity contribution in [2.24, 2.45) is 0 Å². The fourth-order valence-corrected chi connectivity index (χ4v) is 1.60. The average Bonchev–Trinajstić information content (AvgIpc) is 2.37. The molecule has 1 atom stereocenters. The predicted octanol–water partition coefficient (Wildman–Crippen LogP) is 1.89. The lowest BCUT2D eigenvalue weighted by molar-refractivity contribution is 0.0602. The molecular formula is C13H20N2O3. The van der Waals surface area contributed by atoms with E-state index in [4.69, 9.17) is 15.2 Å². The quantitative estimate of drug-likeness (QED) is 0.597. The van der Waals surface area contributed by atoms with Crippen LogP contribution < -0.4 is 11.1 Å². The lowest BCUT2D eigenvalue weighted by Crippen LogP contribution is -2.19. The zero-order valence-electron chi connectivity index (χ0n) is 11.0. The molecule has 0 aromatic heterocycles. The summed E-state index contributed by atoms with van der Waals surface area (Å²) in [6.07, 6.45) is 0.849. The van der Waals surface area contributed by atoms with Crippen LogP contribution in [0.15, 0.2) is 18.2 Å². The molecule has 18 heavy (non-hydrogen) atoms. The van der Waals surface area contributed by atoms with E-state index < -0.39 is 5.97 Å². The number of methoxy groups -OCH3 is 2. The van der Waals surface area contributed by atoms with Gasteiger partial charge in [-0.2, -0.15) is 0 Å². The predicted molar refractivity (Wildman–Crippen MR) is 71.8 cm³/mol. The fraction of sp³-hybridized carbons (Fsp3) is 0.462. The molecule has 1 aromatic rings. The van der Waals surface area contributed by atoms with E-state index in [2.05, 4.69) is 5.32 Å². The SMILES string of the molecule is COCCC(C)Nc1ccc(N)cc1C(=O)OC. The number of hydrogen-bond acceptors (Lipinski definition) is 5. The van der Waals surface area contributed by atoms with Gasteiger partial charge < -0.3 is 20.5 Å². The molecule has 3 N–H and O–H groups in total. The standard InChI is InChI=1S/C13H20N2O3/c1-9(6-7-17-2)15-12-5-4-10(14)8-11(12)13(16)18-3/h4-5,8-9,15H,6-7,14H2,1-3H3. The summed E-state index contributed by atoms with van der Waals surface area (Å²) in [5, 5.41) is 3.25. The first-order valence-electron chi connectivity index (χ1n) is 5.81. The Labute approximate surface area is 107 Å². The summed E-state index contributed by atoms with van der Waals surface area (Å²) in [5.41, 5.74) is 7.38. The van der Waals surface area contributed by atoms with Crippen LogP contribution in [-0.2, 0) is 9.47 Å². The molecule has 0 amide bonds. The highest BCUT2D eigenvalue weighted by Crippen LogP contribution is 2.21. The lowest BCUT2D eigenvalue weighted by atomic mass is 10.1. The van der Waals surface area contributed by atoms with E-state index in [1.165, 1.54) is 7.11 Å². The number of carbonyl (C=O) groups is 1. The summed E-state index contributed by atoms with van der Waals surface area (Å²) < 4.78 is 9.75. The Morgan fingerprint density at radius 3 is 2.78 bits per heavy atom. The summed E-state index contributed by atoms with van der Waals surface area (Å²) in [4.78, 5) is 11.6. The van der Waals surface area contributed by atoms with Crippen LogP contribution in [0.1, 0.15) is 23.7 Å². The van der Waals surface area contributed by atoms with E-state index in [0.29, 0.717) is 17.9 Å². The van der Waals surface area contributed by atoms with Gasteiger partial charge in [-0.15, -0.1) is 0 Å². The number of carbonyl (C=O) groups excluding carboxylic acids is 1. The van der Waals surface area contributed by atoms with Crippen molar-refractivity contribution in [1.82, 2.24) is 0 Å². The molecule has 0 saturated carbocycles. The Morgan fingerprint density at radius 2 is 2.17 bits per heavy atom. The average molecular weight is 252 g/mol. The molecular weight excluding hydrogens is 232 g/mol. The van der Waals surface area contributed by atoms with Crippen molar-refractivity contribution in [2.45, 2.75) is 19.4 Å². The minimum Gasteiger partial charge on any atom is -0.465 e. The second-order valence-corrected chi connectivity index (χ2v) is 4.12. The molecule has 5 heteroatoms. The second-order valence-electron chi connectivity index (χ2n) is 4.12. The first-order valence-corrected chi connectivity index (χ1v) is 5.81. The Kier molecular flexibility index (Phi) is 5.45. The maximum atomic E-state index is 11.6. The molecule has 1 unspecified atom stereocenters. The highest BCUT2D eigenvalue weighted by molar-refractivity contribution is 5.96. The van der Waals surface area contributed by atoms with Crippen LogP contribution in [0.25, 0.3) is 0 Å². The van der Waals surface area contributed by atoms with E-state index in [-0.39, 0.29) is 6.04 Å². The molecule has 0 heterocycles. The fourth-order valence-electron chi connectivity index (χ4n) is 1.60. The lowest BCUT2D eigenvalue weighted by Gasteiger charge is -2.17. The molecule has 0 bridgehead atoms. The first kappa shape index (κ1) is 14.3. The summed E-state index contributed by atoms with van der Waals surface area (Å²) in [7, 11) is 3.01. The number of hydrogen-bond donors (Lipinski definition) is 2. The van der Waals surface area contributed by atoms with Crippen molar-refractivity contribution >= 4 is 17.3 Å². The first-order chi connectivity index (χ1) is 8.58. The van der Waals surface area contributed by atoms with Gasteiger partial charge in [0.1, 0.15) is 0 Å². The number of benzene rings is 1. The maximum absolute atomic E-state index is 11.6. The Bertz CT molecular complexity index is 407. The van der Waals surface area contributed by atoms with Crippen LogP contribution in [0.4, 0.5) is 11.4 Å². The molecule has 5 nitrogen and oxygen atoms in total. The molecule has 0 radical (unpaired) electrons. The topological polar surface area (TPSA) is 73.6 Å². The molecule has 0 aliphatic heterocycles. The Morgan fingerprint density at radius 1 is 1.44 bits per heavy atom. The Balaban J connectivity index is 2.84. The van der Waals surface area contributed by atoms with E-state index >= 15 is 0 Å². The normalized spacial score (nSPS) is 11.9. The molecule has 100 valence electrons. The highest BCUT2D eigenvalue weighted by Gasteiger charge is 2.13. The van der Waals surface area contributed by atoms with Crippen molar-refractivity contribution in [3.63, 3.8) is 0 Å². The van der Waals surface area contributed by atoms with E-state index in [9.17, 15) is 4.79 Å². The van der Waals surface area contributed by atoms with Crippen molar-refractivity contribution in [3.05, 3.63) is 23.8 Å². The van der Waals surface area contributed by atoms with E-state index in [0.717, 1.165) is 12.1 Å². The third kappa shape index (κ3) is 3.92. The maximum Gasteiger partial charge on any atom is 0.340 e. The number of rotatable bonds is 6. The number of esters is 1. The third-order valence-electron chi connectivity index (χ3n) is 2.61. The van der Waals surface area contributed by atoms with Gasteiger partial charge in [0.15, 0.2) is 0 Å². The molecule has 0 aliphatic rings. The van der Waals surface area contributed by atoms with Gasteiger partial charge in [-0.25, -0.2) is 4.79 Å². The van der Waals surface area contributed by atoms with Crippen molar-refractivity contribution in [3.8, 4) is 0 Å². The van der Waals surface area contributed by atoms with Gasteiger partial charge >= 0.3 is 5.97 Å². The van der Waals surface area contributed by atoms with Gasteiger partial charge in [-0.05, 0) is 31.5 Å². The summed E-state index contributed by atoms with van der Waals surface area (Å²) in [6, 6.07) is 5.33.